The molecular weight excluding hydrogens is 155 g/mol. The molecule has 5 heteroatoms. The van der Waals surface area contributed by atoms with Crippen LogP contribution >= 0.6 is 0 Å². The molecule has 2 N–H and O–H groups in total. The molecule has 1 rings (SSSR count). The molecule has 4 atom stereocenters. The van der Waals surface area contributed by atoms with Crippen LogP contribution in [-0.2, 0) is 9.47 Å². The number of aliphatic hydroxyl groups is 2. The van der Waals surface area contributed by atoms with Crippen LogP contribution in [0.3, 0.4) is 0 Å². The minimum absolute atomic E-state index is 0.0971. The van der Waals surface area contributed by atoms with Crippen molar-refractivity contribution in [3.63, 3.8) is 0 Å². The predicted octanol–water partition coefficient (Wildman–Crippen LogP) is -0.951. The van der Waals surface area contributed by atoms with Gasteiger partial charge in [-0.1, -0.05) is 0 Å². The van der Waals surface area contributed by atoms with Gasteiger partial charge in [0.15, 0.2) is 12.5 Å². The summed E-state index contributed by atoms with van der Waals surface area (Å²) in [5.41, 5.74) is 0. The molecule has 11 heavy (non-hydrogen) atoms. The first-order chi connectivity index (χ1) is 5.16. The largest absolute Gasteiger partial charge is 0.388 e. The normalized spacial score (nSPS) is 45.8. The number of aliphatic hydroxyl groups excluding tert-OH is 2. The Kier molecular flexibility index (Phi) is 2.78. The molecule has 1 heterocycles. The molecule has 1 fully saturated rings. The smallest absolute Gasteiger partial charge is 0.191 e. The van der Waals surface area contributed by atoms with Crippen LogP contribution in [0.4, 0.5) is 4.39 Å². The standard InChI is InChI=1S/C6H11FO4/c1-10-6-4(7)5(9)3(8)2-11-6/h3-6,8-9H,2H2,1H3/t3-,4-,5+,6-/m1/s1. The maximum absolute atomic E-state index is 12.8. The highest BCUT2D eigenvalue weighted by Gasteiger charge is 2.39. The Morgan fingerprint density at radius 1 is 1.55 bits per heavy atom. The first kappa shape index (κ1) is 8.86. The molecule has 4 nitrogen and oxygen atoms in total. The Morgan fingerprint density at radius 2 is 2.18 bits per heavy atom. The number of alkyl halides is 1. The molecule has 1 aliphatic rings. The maximum atomic E-state index is 12.8. The summed E-state index contributed by atoms with van der Waals surface area (Å²) in [6.07, 6.45) is -5.30. The Labute approximate surface area is 63.5 Å². The second-order valence-corrected chi connectivity index (χ2v) is 2.44. The monoisotopic (exact) mass is 166 g/mol. The molecule has 0 radical (unpaired) electrons. The van der Waals surface area contributed by atoms with Gasteiger partial charge in [-0.05, 0) is 0 Å². The van der Waals surface area contributed by atoms with E-state index in [0.29, 0.717) is 0 Å². The third-order valence-corrected chi connectivity index (χ3v) is 1.64. The lowest BCUT2D eigenvalue weighted by molar-refractivity contribution is -0.243. The van der Waals surface area contributed by atoms with Crippen LogP contribution in [0.15, 0.2) is 0 Å². The van der Waals surface area contributed by atoms with Gasteiger partial charge in [0.05, 0.1) is 6.61 Å². The number of halogens is 1. The molecule has 0 unspecified atom stereocenters. The van der Waals surface area contributed by atoms with Crippen LogP contribution in [0.5, 0.6) is 0 Å². The summed E-state index contributed by atoms with van der Waals surface area (Å²) in [4.78, 5) is 0. The SMILES string of the molecule is CO[C@@H]1OC[C@@H](O)[C@H](O)[C@H]1F. The highest BCUT2D eigenvalue weighted by atomic mass is 19.1. The van der Waals surface area contributed by atoms with Gasteiger partial charge in [0.1, 0.15) is 12.2 Å². The van der Waals surface area contributed by atoms with Crippen molar-refractivity contribution in [1.82, 2.24) is 0 Å². The first-order valence-electron chi connectivity index (χ1n) is 3.31. The fraction of sp³-hybridized carbons (Fsp3) is 1.00. The van der Waals surface area contributed by atoms with Crippen molar-refractivity contribution >= 4 is 0 Å². The Bertz CT molecular complexity index is 130. The molecule has 0 aliphatic carbocycles. The highest BCUT2D eigenvalue weighted by Crippen LogP contribution is 2.18. The number of methoxy groups -OCH3 is 1. The summed E-state index contributed by atoms with van der Waals surface area (Å²) in [6, 6.07) is 0. The summed E-state index contributed by atoms with van der Waals surface area (Å²) >= 11 is 0. The van der Waals surface area contributed by atoms with Gasteiger partial charge < -0.3 is 19.7 Å². The number of hydrogen-bond donors (Lipinski definition) is 2. The van der Waals surface area contributed by atoms with Gasteiger partial charge in [0, 0.05) is 7.11 Å². The van der Waals surface area contributed by atoms with Crippen LogP contribution in [-0.4, -0.2) is 48.6 Å². The highest BCUT2D eigenvalue weighted by molar-refractivity contribution is 4.82. The molecule has 1 aliphatic heterocycles. The van der Waals surface area contributed by atoms with Crippen LogP contribution < -0.4 is 0 Å². The van der Waals surface area contributed by atoms with E-state index in [1.165, 1.54) is 7.11 Å². The van der Waals surface area contributed by atoms with Crippen molar-refractivity contribution in [2.24, 2.45) is 0 Å². The number of hydrogen-bond acceptors (Lipinski definition) is 4. The zero-order valence-electron chi connectivity index (χ0n) is 6.11. The van der Waals surface area contributed by atoms with E-state index in [0.717, 1.165) is 0 Å². The molecule has 66 valence electrons. The molecule has 0 amide bonds. The minimum Gasteiger partial charge on any atom is -0.388 e. The molecule has 0 bridgehead atoms. The summed E-state index contributed by atoms with van der Waals surface area (Å²) in [6.45, 7) is -0.0971. The number of ether oxygens (including phenoxy) is 2. The summed E-state index contributed by atoms with van der Waals surface area (Å²) in [5, 5.41) is 17.9. The zero-order chi connectivity index (χ0) is 8.43. The zero-order valence-corrected chi connectivity index (χ0v) is 6.11. The summed E-state index contributed by atoms with van der Waals surface area (Å²) in [7, 11) is 1.28. The third-order valence-electron chi connectivity index (χ3n) is 1.64. The van der Waals surface area contributed by atoms with E-state index in [1.807, 2.05) is 0 Å². The van der Waals surface area contributed by atoms with E-state index < -0.39 is 24.7 Å². The van der Waals surface area contributed by atoms with E-state index in [1.54, 1.807) is 0 Å². The lowest BCUT2D eigenvalue weighted by Gasteiger charge is -2.32. The molecule has 0 aromatic carbocycles. The fourth-order valence-corrected chi connectivity index (χ4v) is 0.955. The lowest BCUT2D eigenvalue weighted by atomic mass is 10.1. The fourth-order valence-electron chi connectivity index (χ4n) is 0.955. The van der Waals surface area contributed by atoms with Crippen molar-refractivity contribution in [1.29, 1.82) is 0 Å². The third kappa shape index (κ3) is 1.67. The second kappa shape index (κ2) is 3.44. The molecule has 1 saturated heterocycles. The van der Waals surface area contributed by atoms with Gasteiger partial charge in [-0.3, -0.25) is 0 Å². The predicted molar refractivity (Wildman–Crippen MR) is 33.7 cm³/mol. The van der Waals surface area contributed by atoms with Gasteiger partial charge in [0.2, 0.25) is 0 Å². The molecular formula is C6H11FO4. The first-order valence-corrected chi connectivity index (χ1v) is 3.31. The number of rotatable bonds is 1. The van der Waals surface area contributed by atoms with Gasteiger partial charge in [0.25, 0.3) is 0 Å². The van der Waals surface area contributed by atoms with Crippen LogP contribution in [0.1, 0.15) is 0 Å². The van der Waals surface area contributed by atoms with Gasteiger partial charge in [-0.15, -0.1) is 0 Å². The second-order valence-electron chi connectivity index (χ2n) is 2.44. The van der Waals surface area contributed by atoms with Crippen molar-refractivity contribution in [3.8, 4) is 0 Å². The van der Waals surface area contributed by atoms with Gasteiger partial charge in [-0.2, -0.15) is 0 Å². The van der Waals surface area contributed by atoms with Crippen LogP contribution in [0, 0.1) is 0 Å². The van der Waals surface area contributed by atoms with Crippen molar-refractivity contribution < 1.29 is 24.1 Å². The topological polar surface area (TPSA) is 58.9 Å². The minimum atomic E-state index is -1.68. The Morgan fingerprint density at radius 3 is 2.73 bits per heavy atom. The van der Waals surface area contributed by atoms with Crippen LogP contribution in [0.2, 0.25) is 0 Å². The molecule has 0 aromatic heterocycles. The van der Waals surface area contributed by atoms with E-state index in [2.05, 4.69) is 4.74 Å². The molecule has 0 spiro atoms. The summed E-state index contributed by atoms with van der Waals surface area (Å²) < 4.78 is 22.1. The van der Waals surface area contributed by atoms with Crippen molar-refractivity contribution in [2.75, 3.05) is 13.7 Å². The van der Waals surface area contributed by atoms with Gasteiger partial charge >= 0.3 is 0 Å². The lowest BCUT2D eigenvalue weighted by Crippen LogP contribution is -2.51. The quantitative estimate of drug-likeness (QED) is 0.527. The van der Waals surface area contributed by atoms with Gasteiger partial charge in [-0.25, -0.2) is 4.39 Å². The Balaban J connectivity index is 2.52. The van der Waals surface area contributed by atoms with Crippen molar-refractivity contribution in [2.45, 2.75) is 24.7 Å². The van der Waals surface area contributed by atoms with E-state index in [4.69, 9.17) is 14.9 Å². The average molecular weight is 166 g/mol. The van der Waals surface area contributed by atoms with Crippen LogP contribution in [0.25, 0.3) is 0 Å². The Hall–Kier alpha value is -0.230. The average Bonchev–Trinajstić information content (AvgIpc) is 2.01. The molecule has 0 aromatic rings. The van der Waals surface area contributed by atoms with E-state index >= 15 is 0 Å². The molecule has 0 saturated carbocycles. The van der Waals surface area contributed by atoms with Crippen molar-refractivity contribution in [3.05, 3.63) is 0 Å². The summed E-state index contributed by atoms with van der Waals surface area (Å²) in [5.74, 6) is 0. The maximum Gasteiger partial charge on any atom is 0.191 e. The van der Waals surface area contributed by atoms with E-state index in [-0.39, 0.29) is 6.61 Å². The van der Waals surface area contributed by atoms with E-state index in [9.17, 15) is 4.39 Å².